The molecule has 29 nitrogen and oxygen atoms in total. The van der Waals surface area contributed by atoms with Gasteiger partial charge in [-0.05, 0) is 105 Å². The molecule has 458 valence electrons. The summed E-state index contributed by atoms with van der Waals surface area (Å²) in [5.74, 6) is -0.585. The van der Waals surface area contributed by atoms with E-state index in [1.165, 1.54) is 121 Å². The van der Waals surface area contributed by atoms with Gasteiger partial charge in [0.2, 0.25) is 1.43 Å². The zero-order valence-electron chi connectivity index (χ0n) is 62.0. The number of aromatic nitrogens is 16. The Hall–Kier alpha value is -7.89. The molecule has 8 aromatic rings. The molecule has 0 saturated heterocycles. The predicted octanol–water partition coefficient (Wildman–Crippen LogP) is 0.146. The van der Waals surface area contributed by atoms with Crippen molar-refractivity contribution in [3.63, 3.8) is 0 Å². The summed E-state index contributed by atoms with van der Waals surface area (Å²) in [6.45, 7) is 7.61. The second-order valence-electron chi connectivity index (χ2n) is 19.0. The van der Waals surface area contributed by atoms with Crippen LogP contribution < -0.4 is 45.0 Å². The molecule has 1 unspecified atom stereocenters. The van der Waals surface area contributed by atoms with Crippen LogP contribution in [0.2, 0.25) is 0 Å². The topological polar surface area (TPSA) is 345 Å². The van der Waals surface area contributed by atoms with Gasteiger partial charge in [-0.15, -0.1) is 0 Å². The van der Waals surface area contributed by atoms with Crippen molar-refractivity contribution < 1.29 is 41.7 Å². The Morgan fingerprint density at radius 1 is 0.458 bits per heavy atom. The van der Waals surface area contributed by atoms with Crippen LogP contribution in [0.25, 0.3) is 44.7 Å². The number of nitrogens with zero attached hydrogens (tertiary/aromatic N) is 16. The largest absolute Gasteiger partial charge is 0.397 e. The van der Waals surface area contributed by atoms with Crippen LogP contribution in [0.1, 0.15) is 128 Å². The van der Waals surface area contributed by atoms with Crippen molar-refractivity contribution in [1.82, 2.24) is 74.7 Å². The summed E-state index contributed by atoms with van der Waals surface area (Å²) in [6, 6.07) is 0. The lowest BCUT2D eigenvalue weighted by Gasteiger charge is -2.09. The number of aliphatic hydroxyl groups is 4. The summed E-state index contributed by atoms with van der Waals surface area (Å²) in [7, 11) is 12.0. The van der Waals surface area contributed by atoms with E-state index >= 15 is 0 Å². The van der Waals surface area contributed by atoms with Gasteiger partial charge in [-0.2, -0.15) is 0 Å². The van der Waals surface area contributed by atoms with E-state index in [9.17, 15) is 58.5 Å². The highest BCUT2D eigenvalue weighted by Gasteiger charge is 2.18. The lowest BCUT2D eigenvalue weighted by molar-refractivity contribution is -0.117. The third kappa shape index (κ3) is 16.7. The van der Waals surface area contributed by atoms with E-state index in [4.69, 9.17) is 17.9 Å². The number of ketones is 1. The molecule has 8 rings (SSSR count). The van der Waals surface area contributed by atoms with Crippen LogP contribution in [0.5, 0.6) is 0 Å². The first kappa shape index (κ1) is 49.7. The summed E-state index contributed by atoms with van der Waals surface area (Å²) in [5, 5.41) is 31.9. The average molecular weight is 1180 g/mol. The van der Waals surface area contributed by atoms with Crippen molar-refractivity contribution >= 4 is 50.4 Å². The number of aliphatic hydroxyl groups excluding tert-OH is 4. The maximum absolute atomic E-state index is 12.5. The van der Waals surface area contributed by atoms with Gasteiger partial charge in [0.25, 0.3) is 22.2 Å². The van der Waals surface area contributed by atoms with E-state index in [1.807, 2.05) is 0 Å². The quantitative estimate of drug-likeness (QED) is 0.0744. The summed E-state index contributed by atoms with van der Waals surface area (Å²) in [6.07, 6.45) is -10.3. The molecule has 0 aliphatic heterocycles. The normalized spacial score (nSPS) is 15.3. The van der Waals surface area contributed by atoms with E-state index < -0.39 is 94.6 Å². The van der Waals surface area contributed by atoms with Gasteiger partial charge in [-0.25, -0.2) is 39.1 Å². The van der Waals surface area contributed by atoms with Gasteiger partial charge in [-0.3, -0.25) is 55.7 Å². The molecule has 0 radical (unpaired) electrons. The van der Waals surface area contributed by atoms with Gasteiger partial charge < -0.3 is 43.5 Å². The number of carbonyl (C=O) groups is 1. The van der Waals surface area contributed by atoms with Crippen molar-refractivity contribution in [3.05, 3.63) is 109 Å². The molecule has 0 saturated carbocycles. The van der Waals surface area contributed by atoms with E-state index in [-0.39, 0.29) is 147 Å². The van der Waals surface area contributed by atoms with Gasteiger partial charge in [0.15, 0.2) is 44.7 Å². The Kier molecular flexibility index (Phi) is 18.5. The van der Waals surface area contributed by atoms with E-state index in [0.29, 0.717) is 6.61 Å². The van der Waals surface area contributed by atoms with Gasteiger partial charge in [0, 0.05) is 107 Å². The SMILES string of the molecule is [2H]OCC.[2H]c1nc2c(c(=O)n(CCCC([2H])([2H])C(C)=O)c(=O)n2C)n1C.[2H]c1nc2c(c(=O)n(CCCC([2H])([2H])C(C)O)c(=O)n2C)n1C.[2H]c1nc2c(c(=O)n(CCCC([2H])([2H])[C@@H](C)O)c(=O)n2C)n1C.[2H]c1nc2c(c(=O)n(CCCC([2H])([2H])[C@H](C)O)c(=O)n2C)n1C. The minimum absolute atomic E-state index is 0.00719. The molecule has 0 aliphatic rings. The fourth-order valence-corrected chi connectivity index (χ4v) is 8.27. The number of aryl methyl sites for hydroxylation is 8. The van der Waals surface area contributed by atoms with E-state index in [1.54, 1.807) is 6.92 Å². The number of rotatable bonds is 21. The van der Waals surface area contributed by atoms with Crippen molar-refractivity contribution in [2.45, 2.75) is 156 Å². The minimum atomic E-state index is -1.97. The first-order valence-corrected chi connectivity index (χ1v) is 26.4. The fraction of sp³-hybridized carbons (Fsp3) is 0.611. The highest BCUT2D eigenvalue weighted by atomic mass is 16.3. The predicted molar refractivity (Wildman–Crippen MR) is 315 cm³/mol. The second kappa shape index (κ2) is 31.0. The van der Waals surface area contributed by atoms with Gasteiger partial charge in [0.05, 0.1) is 43.5 Å². The second-order valence-corrected chi connectivity index (χ2v) is 19.0. The lowest BCUT2D eigenvalue weighted by Crippen LogP contribution is -2.39. The first-order chi connectivity index (χ1) is 44.2. The van der Waals surface area contributed by atoms with Crippen LogP contribution >= 0.6 is 0 Å². The minimum Gasteiger partial charge on any atom is -0.397 e. The van der Waals surface area contributed by atoms with Gasteiger partial charge in [0.1, 0.15) is 11.3 Å². The molecular formula is C54H84N16O13. The number of Topliss-reactive ketones (excluding diaryl/α,β-unsaturated/α-hetero) is 1. The Bertz CT molecular complexity index is 4300. The van der Waals surface area contributed by atoms with Crippen LogP contribution in [0.3, 0.4) is 0 Å². The van der Waals surface area contributed by atoms with Crippen molar-refractivity contribution in [2.24, 2.45) is 56.4 Å². The molecule has 3 atom stereocenters. The smallest absolute Gasteiger partial charge is 0.332 e. The van der Waals surface area contributed by atoms with Crippen molar-refractivity contribution in [3.8, 4) is 0 Å². The zero-order valence-corrected chi connectivity index (χ0v) is 49.0. The molecule has 29 heteroatoms. The number of carbonyl (C=O) groups excluding carboxylic acids is 1. The van der Waals surface area contributed by atoms with Crippen LogP contribution in [-0.4, -0.2) is 127 Å². The number of hydrogen-bond acceptors (Lipinski definition) is 17. The van der Waals surface area contributed by atoms with Crippen LogP contribution in [0.4, 0.5) is 0 Å². The zero-order chi connectivity index (χ0) is 73.5. The van der Waals surface area contributed by atoms with Gasteiger partial charge in [-0.1, -0.05) is 0 Å². The molecule has 8 aromatic heterocycles. The standard InChI is InChI=1S/3C13H20N4O3.C13H18N4O3.C2H6O/c4*1-9(18)6-4-5-7-17-12(19)10-11(14-8-15(10)2)16(3)13(17)20;1-2-3/h3*8-9,18H,4-7H2,1-3H3;8H,4-7H2,1-3H3;3H,2H2,1H3/t2*9-;;;/m10.../s1/i4*6D2,8D;3D. The maximum Gasteiger partial charge on any atom is 0.332 e. The molecule has 0 bridgehead atoms. The highest BCUT2D eigenvalue weighted by molar-refractivity contribution is 5.75. The number of hydrogen-bond donors (Lipinski definition) is 4. The molecule has 83 heavy (non-hydrogen) atoms. The molecule has 0 aliphatic carbocycles. The Morgan fingerprint density at radius 3 is 0.867 bits per heavy atom. The van der Waals surface area contributed by atoms with Crippen LogP contribution in [-0.2, 0) is 87.4 Å². The summed E-state index contributed by atoms with van der Waals surface area (Å²) < 4.78 is 112. The highest BCUT2D eigenvalue weighted by Crippen LogP contribution is 2.09. The van der Waals surface area contributed by atoms with E-state index in [2.05, 4.69) is 25.0 Å². The molecule has 8 heterocycles. The molecule has 0 spiro atoms. The fourth-order valence-electron chi connectivity index (χ4n) is 8.27. The third-order valence-electron chi connectivity index (χ3n) is 12.5. The van der Waals surface area contributed by atoms with Gasteiger partial charge >= 0.3 is 22.8 Å². The van der Waals surface area contributed by atoms with Crippen molar-refractivity contribution in [1.29, 1.82) is 1.43 Å². The lowest BCUT2D eigenvalue weighted by atomic mass is 10.2. The van der Waals surface area contributed by atoms with Crippen LogP contribution in [0, 0.1) is 0 Å². The molecule has 4 N–H and O–H groups in total. The van der Waals surface area contributed by atoms with E-state index in [0.717, 1.165) is 18.3 Å². The summed E-state index contributed by atoms with van der Waals surface area (Å²) >= 11 is 0. The Morgan fingerprint density at radius 2 is 0.675 bits per heavy atom. The summed E-state index contributed by atoms with van der Waals surface area (Å²) in [4.78, 5) is 126. The first-order valence-electron chi connectivity index (χ1n) is 32.8. The van der Waals surface area contributed by atoms with Crippen molar-refractivity contribution in [2.75, 3.05) is 6.61 Å². The summed E-state index contributed by atoms with van der Waals surface area (Å²) in [5.41, 5.74) is -3.22. The molecular weight excluding hydrogens is 1080 g/mol. The Balaban J connectivity index is 0.000000267. The Labute approximate surface area is 495 Å². The number of fused-ring (bicyclic) bond motifs is 4. The molecule has 0 aromatic carbocycles. The van der Waals surface area contributed by atoms with Crippen LogP contribution in [0.15, 0.2) is 63.6 Å². The molecule has 0 amide bonds. The molecule has 0 fully saturated rings. The average Bonchev–Trinajstić information content (AvgIpc) is 1.59. The maximum atomic E-state index is 12.5. The third-order valence-corrected chi connectivity index (χ3v) is 12.5. The number of imidazole rings is 4. The monoisotopic (exact) mass is 1180 g/mol.